The Bertz CT molecular complexity index is 832. The lowest BCUT2D eigenvalue weighted by atomic mass is 9.84. The van der Waals surface area contributed by atoms with Gasteiger partial charge in [0.2, 0.25) is 5.91 Å². The number of benzene rings is 1. The number of aliphatic hydroxyl groups is 1. The van der Waals surface area contributed by atoms with E-state index in [0.29, 0.717) is 36.8 Å². The first kappa shape index (κ1) is 21.9. The van der Waals surface area contributed by atoms with Gasteiger partial charge in [0.1, 0.15) is 0 Å². The molecule has 0 spiro atoms. The predicted molar refractivity (Wildman–Crippen MR) is 123 cm³/mol. The Balaban J connectivity index is 1.13. The van der Waals surface area contributed by atoms with Gasteiger partial charge in [-0.25, -0.2) is 0 Å². The molecule has 1 aromatic heterocycles. The molecule has 2 aliphatic rings. The summed E-state index contributed by atoms with van der Waals surface area (Å²) in [4.78, 5) is 14.7. The molecule has 0 atom stereocenters. The van der Waals surface area contributed by atoms with Crippen molar-refractivity contribution in [2.24, 2.45) is 11.8 Å². The van der Waals surface area contributed by atoms with Gasteiger partial charge in [0.25, 0.3) is 0 Å². The van der Waals surface area contributed by atoms with E-state index in [2.05, 4.69) is 34.7 Å². The maximum atomic E-state index is 12.7. The Kier molecular flexibility index (Phi) is 7.28. The maximum Gasteiger partial charge on any atom is 0.222 e. The van der Waals surface area contributed by atoms with Crippen LogP contribution in [-0.4, -0.2) is 51.9 Å². The fourth-order valence-electron chi connectivity index (χ4n) is 5.19. The van der Waals surface area contributed by atoms with Crippen molar-refractivity contribution < 1.29 is 9.90 Å². The van der Waals surface area contributed by atoms with E-state index < -0.39 is 0 Å². The molecule has 1 saturated carbocycles. The molecule has 1 fully saturated rings. The number of fused-ring (bicyclic) bond motifs is 1. The topological polar surface area (TPSA) is 70.4 Å². The first-order chi connectivity index (χ1) is 15.1. The van der Waals surface area contributed by atoms with Gasteiger partial charge in [-0.2, -0.15) is 5.10 Å². The molecular weight excluding hydrogens is 388 g/mol. The second kappa shape index (κ2) is 10.3. The van der Waals surface area contributed by atoms with Gasteiger partial charge in [0.05, 0.1) is 25.0 Å². The van der Waals surface area contributed by atoms with Crippen LogP contribution in [0.15, 0.2) is 36.7 Å². The van der Waals surface area contributed by atoms with Gasteiger partial charge in [-0.05, 0) is 67.9 Å². The monoisotopic (exact) mass is 424 g/mol. The van der Waals surface area contributed by atoms with E-state index in [4.69, 9.17) is 5.11 Å². The number of aromatic nitrogens is 2. The van der Waals surface area contributed by atoms with Crippen molar-refractivity contribution in [3.8, 4) is 0 Å². The molecule has 6 nitrogen and oxygen atoms in total. The van der Waals surface area contributed by atoms with E-state index in [0.717, 1.165) is 44.3 Å². The minimum absolute atomic E-state index is 0.109. The van der Waals surface area contributed by atoms with Gasteiger partial charge >= 0.3 is 0 Å². The van der Waals surface area contributed by atoms with Crippen LogP contribution in [0.1, 0.15) is 49.7 Å². The van der Waals surface area contributed by atoms with Crippen LogP contribution < -0.4 is 5.32 Å². The summed E-state index contributed by atoms with van der Waals surface area (Å²) in [6, 6.07) is 9.10. The Morgan fingerprint density at radius 2 is 1.87 bits per heavy atom. The molecule has 1 aromatic carbocycles. The first-order valence-corrected chi connectivity index (χ1v) is 11.8. The molecule has 2 N–H and O–H groups in total. The molecule has 6 heteroatoms. The zero-order chi connectivity index (χ0) is 21.6. The van der Waals surface area contributed by atoms with Crippen LogP contribution in [0.25, 0.3) is 0 Å². The second-order valence-electron chi connectivity index (χ2n) is 9.43. The molecule has 0 saturated heterocycles. The van der Waals surface area contributed by atoms with E-state index in [1.165, 1.54) is 24.0 Å². The quantitative estimate of drug-likeness (QED) is 0.646. The molecule has 0 aliphatic heterocycles. The van der Waals surface area contributed by atoms with Crippen molar-refractivity contribution in [3.63, 3.8) is 0 Å². The normalized spacial score (nSPS) is 21.1. The van der Waals surface area contributed by atoms with Crippen LogP contribution >= 0.6 is 0 Å². The summed E-state index contributed by atoms with van der Waals surface area (Å²) in [6.07, 6.45) is 12.4. The van der Waals surface area contributed by atoms with Gasteiger partial charge in [-0.1, -0.05) is 24.3 Å². The van der Waals surface area contributed by atoms with E-state index in [-0.39, 0.29) is 6.61 Å². The molecule has 0 unspecified atom stereocenters. The fourth-order valence-corrected chi connectivity index (χ4v) is 5.19. The Morgan fingerprint density at radius 1 is 1.16 bits per heavy atom. The largest absolute Gasteiger partial charge is 0.394 e. The summed E-state index contributed by atoms with van der Waals surface area (Å²) in [6.45, 7) is 1.51. The van der Waals surface area contributed by atoms with Crippen molar-refractivity contribution in [1.29, 1.82) is 0 Å². The fraction of sp³-hybridized carbons (Fsp3) is 0.600. The lowest BCUT2D eigenvalue weighted by molar-refractivity contribution is -0.131. The molecule has 31 heavy (non-hydrogen) atoms. The standard InChI is InChI=1S/C25H36N4O2/c1-28(25(31)16-20-14-21-4-2-3-5-22(21)15-20)11-10-19-6-8-23(9-7-19)27-24-17-26-29(18-24)12-13-30/h2-5,17-20,23,27,30H,6-16H2,1H3/t19-,23+. The average molecular weight is 425 g/mol. The summed E-state index contributed by atoms with van der Waals surface area (Å²) in [5, 5.41) is 16.8. The number of rotatable bonds is 9. The predicted octanol–water partition coefficient (Wildman–Crippen LogP) is 3.50. The summed E-state index contributed by atoms with van der Waals surface area (Å²) >= 11 is 0. The van der Waals surface area contributed by atoms with Crippen LogP contribution in [0.4, 0.5) is 5.69 Å². The summed E-state index contributed by atoms with van der Waals surface area (Å²) in [7, 11) is 1.97. The van der Waals surface area contributed by atoms with Crippen molar-refractivity contribution in [2.75, 3.05) is 25.5 Å². The van der Waals surface area contributed by atoms with Crippen LogP contribution in [0, 0.1) is 11.8 Å². The third-order valence-corrected chi connectivity index (χ3v) is 7.08. The number of nitrogens with one attached hydrogen (secondary N) is 1. The molecule has 2 aliphatic carbocycles. The van der Waals surface area contributed by atoms with E-state index in [1.807, 2.05) is 24.3 Å². The smallest absolute Gasteiger partial charge is 0.222 e. The molecule has 0 radical (unpaired) electrons. The number of carbonyl (C=O) groups excluding carboxylic acids is 1. The second-order valence-corrected chi connectivity index (χ2v) is 9.43. The molecule has 4 rings (SSSR count). The Morgan fingerprint density at radius 3 is 2.55 bits per heavy atom. The van der Waals surface area contributed by atoms with Gasteiger partial charge in [-0.15, -0.1) is 0 Å². The average Bonchev–Trinajstić information content (AvgIpc) is 3.39. The molecule has 1 heterocycles. The van der Waals surface area contributed by atoms with Crippen molar-refractivity contribution in [2.45, 2.75) is 64.0 Å². The first-order valence-electron chi connectivity index (χ1n) is 11.8. The van der Waals surface area contributed by atoms with Crippen molar-refractivity contribution in [1.82, 2.24) is 14.7 Å². The third kappa shape index (κ3) is 5.88. The van der Waals surface area contributed by atoms with Gasteiger partial charge in [0, 0.05) is 32.3 Å². The number of nitrogens with zero attached hydrogens (tertiary/aromatic N) is 3. The lowest BCUT2D eigenvalue weighted by Gasteiger charge is -2.30. The lowest BCUT2D eigenvalue weighted by Crippen LogP contribution is -2.32. The zero-order valence-electron chi connectivity index (χ0n) is 18.7. The summed E-state index contributed by atoms with van der Waals surface area (Å²) in [5.74, 6) is 1.48. The van der Waals surface area contributed by atoms with E-state index in [1.54, 1.807) is 4.68 Å². The third-order valence-electron chi connectivity index (χ3n) is 7.08. The molecular formula is C25H36N4O2. The molecule has 2 aromatic rings. The number of carbonyl (C=O) groups is 1. The number of hydrogen-bond donors (Lipinski definition) is 2. The summed E-state index contributed by atoms with van der Waals surface area (Å²) in [5.41, 5.74) is 3.89. The maximum absolute atomic E-state index is 12.7. The highest BCUT2D eigenvalue weighted by Crippen LogP contribution is 2.30. The number of anilines is 1. The van der Waals surface area contributed by atoms with Crippen LogP contribution in [0.5, 0.6) is 0 Å². The van der Waals surface area contributed by atoms with Crippen LogP contribution in [-0.2, 0) is 24.2 Å². The number of amides is 1. The SMILES string of the molecule is CN(CC[C@H]1CC[C@@H](Nc2cnn(CCO)c2)CC1)C(=O)CC1Cc2ccccc2C1. The Labute approximate surface area is 185 Å². The minimum Gasteiger partial charge on any atom is -0.394 e. The minimum atomic E-state index is 0.109. The van der Waals surface area contributed by atoms with E-state index >= 15 is 0 Å². The molecule has 0 bridgehead atoms. The molecule has 1 amide bonds. The van der Waals surface area contributed by atoms with Crippen LogP contribution in [0.2, 0.25) is 0 Å². The highest BCUT2D eigenvalue weighted by Gasteiger charge is 2.26. The Hall–Kier alpha value is -2.34. The zero-order valence-corrected chi connectivity index (χ0v) is 18.7. The van der Waals surface area contributed by atoms with Gasteiger partial charge in [0.15, 0.2) is 0 Å². The highest BCUT2D eigenvalue weighted by molar-refractivity contribution is 5.76. The summed E-state index contributed by atoms with van der Waals surface area (Å²) < 4.78 is 1.77. The number of hydrogen-bond acceptors (Lipinski definition) is 4. The van der Waals surface area contributed by atoms with E-state index in [9.17, 15) is 4.79 Å². The van der Waals surface area contributed by atoms with Crippen molar-refractivity contribution in [3.05, 3.63) is 47.8 Å². The molecule has 168 valence electrons. The van der Waals surface area contributed by atoms with Gasteiger partial charge < -0.3 is 15.3 Å². The number of aliphatic hydroxyl groups excluding tert-OH is 1. The van der Waals surface area contributed by atoms with Crippen LogP contribution in [0.3, 0.4) is 0 Å². The van der Waals surface area contributed by atoms with Gasteiger partial charge in [-0.3, -0.25) is 9.48 Å². The highest BCUT2D eigenvalue weighted by atomic mass is 16.3. The van der Waals surface area contributed by atoms with Crippen molar-refractivity contribution >= 4 is 11.6 Å².